The molecule has 0 aliphatic carbocycles. The van der Waals surface area contributed by atoms with Crippen molar-refractivity contribution < 1.29 is 24.5 Å². The molecule has 6 nitrogen and oxygen atoms in total. The average molecular weight is 538 g/mol. The standard InChI is InChI=1S/C18H21NO3.C10H14O.C5H12O/c1-13(2)11-14-7-9-16(10-8-14)22-12-15-5-4-6-17(19-15)18(20)21-3;1-8(2)10(11)9-6-4-3-5-7-9;1-5(2)3-4-6/h4-10,13H,11-12H2,1-3H3;3-8,10-11H,1-2H3;5-6H,3-4H2,1-2H3. The monoisotopic (exact) mass is 537 g/mol. The molecule has 214 valence electrons. The molecule has 0 saturated carbocycles. The van der Waals surface area contributed by atoms with Gasteiger partial charge in [0.2, 0.25) is 0 Å². The maximum absolute atomic E-state index is 11.4. The van der Waals surface area contributed by atoms with Gasteiger partial charge in [-0.1, -0.05) is 90.1 Å². The van der Waals surface area contributed by atoms with E-state index in [0.29, 0.717) is 30.7 Å². The fraction of sp³-hybridized carbons (Fsp3) is 0.455. The first-order valence-corrected chi connectivity index (χ1v) is 13.7. The highest BCUT2D eigenvalue weighted by Crippen LogP contribution is 2.20. The van der Waals surface area contributed by atoms with Gasteiger partial charge in [0.1, 0.15) is 18.1 Å². The van der Waals surface area contributed by atoms with Crippen molar-refractivity contribution in [2.75, 3.05) is 13.7 Å². The minimum absolute atomic E-state index is 0.288. The number of aliphatic hydroxyl groups is 2. The lowest BCUT2D eigenvalue weighted by Gasteiger charge is -2.13. The number of nitrogens with zero attached hydrogens (tertiary/aromatic N) is 1. The molecule has 1 heterocycles. The van der Waals surface area contributed by atoms with Gasteiger partial charge in [0.15, 0.2) is 0 Å². The highest BCUT2D eigenvalue weighted by atomic mass is 16.5. The van der Waals surface area contributed by atoms with Crippen LogP contribution in [-0.4, -0.2) is 34.9 Å². The highest BCUT2D eigenvalue weighted by Gasteiger charge is 2.10. The first-order chi connectivity index (χ1) is 18.6. The van der Waals surface area contributed by atoms with E-state index in [9.17, 15) is 9.90 Å². The maximum Gasteiger partial charge on any atom is 0.356 e. The Morgan fingerprint density at radius 1 is 0.846 bits per heavy atom. The van der Waals surface area contributed by atoms with E-state index in [2.05, 4.69) is 49.5 Å². The predicted molar refractivity (Wildman–Crippen MR) is 158 cm³/mol. The Hall–Kier alpha value is -3.22. The van der Waals surface area contributed by atoms with Crippen LogP contribution in [0.2, 0.25) is 0 Å². The fourth-order valence-corrected chi connectivity index (χ4v) is 3.42. The van der Waals surface area contributed by atoms with E-state index in [-0.39, 0.29) is 17.7 Å². The van der Waals surface area contributed by atoms with Crippen LogP contribution in [0.25, 0.3) is 0 Å². The molecule has 1 aromatic heterocycles. The largest absolute Gasteiger partial charge is 0.487 e. The molecule has 39 heavy (non-hydrogen) atoms. The summed E-state index contributed by atoms with van der Waals surface area (Å²) < 4.78 is 10.4. The van der Waals surface area contributed by atoms with Crippen LogP contribution in [0.5, 0.6) is 5.75 Å². The first-order valence-electron chi connectivity index (χ1n) is 13.7. The zero-order valence-corrected chi connectivity index (χ0v) is 24.6. The van der Waals surface area contributed by atoms with Gasteiger partial charge in [-0.3, -0.25) is 0 Å². The lowest BCUT2D eigenvalue weighted by atomic mass is 10.00. The number of carbonyl (C=O) groups excluding carboxylic acids is 1. The number of esters is 1. The van der Waals surface area contributed by atoms with Crippen LogP contribution in [0.1, 0.15) is 81.4 Å². The van der Waals surface area contributed by atoms with Crippen molar-refractivity contribution in [1.82, 2.24) is 4.98 Å². The number of ether oxygens (including phenoxy) is 2. The Bertz CT molecular complexity index is 1050. The summed E-state index contributed by atoms with van der Waals surface area (Å²) >= 11 is 0. The molecule has 6 heteroatoms. The minimum Gasteiger partial charge on any atom is -0.487 e. The smallest absolute Gasteiger partial charge is 0.356 e. The van der Waals surface area contributed by atoms with Crippen LogP contribution in [-0.2, 0) is 17.8 Å². The van der Waals surface area contributed by atoms with Gasteiger partial charge in [0.25, 0.3) is 0 Å². The quantitative estimate of drug-likeness (QED) is 0.270. The molecule has 3 rings (SSSR count). The zero-order valence-electron chi connectivity index (χ0n) is 24.6. The maximum atomic E-state index is 11.4. The average Bonchev–Trinajstić information content (AvgIpc) is 2.92. The van der Waals surface area contributed by atoms with E-state index < -0.39 is 5.97 Å². The van der Waals surface area contributed by atoms with Crippen LogP contribution in [0.4, 0.5) is 0 Å². The topological polar surface area (TPSA) is 88.9 Å². The predicted octanol–water partition coefficient (Wildman–Crippen LogP) is 7.05. The highest BCUT2D eigenvalue weighted by molar-refractivity contribution is 5.87. The molecule has 2 N–H and O–H groups in total. The van der Waals surface area contributed by atoms with Crippen molar-refractivity contribution >= 4 is 5.97 Å². The van der Waals surface area contributed by atoms with Crippen LogP contribution in [0, 0.1) is 17.8 Å². The van der Waals surface area contributed by atoms with Crippen molar-refractivity contribution in [1.29, 1.82) is 0 Å². The molecule has 0 aliphatic heterocycles. The van der Waals surface area contributed by atoms with Crippen molar-refractivity contribution in [3.05, 3.63) is 95.3 Å². The summed E-state index contributed by atoms with van der Waals surface area (Å²) in [4.78, 5) is 15.7. The van der Waals surface area contributed by atoms with E-state index in [1.807, 2.05) is 62.4 Å². The lowest BCUT2D eigenvalue weighted by Crippen LogP contribution is -2.07. The summed E-state index contributed by atoms with van der Waals surface area (Å²) in [5.41, 5.74) is 3.28. The van der Waals surface area contributed by atoms with E-state index in [4.69, 9.17) is 9.84 Å². The number of benzene rings is 2. The second kappa shape index (κ2) is 18.9. The van der Waals surface area contributed by atoms with E-state index in [1.54, 1.807) is 12.1 Å². The molecule has 0 bridgehead atoms. The van der Waals surface area contributed by atoms with Crippen molar-refractivity contribution in [2.24, 2.45) is 17.8 Å². The van der Waals surface area contributed by atoms with Gasteiger partial charge < -0.3 is 19.7 Å². The van der Waals surface area contributed by atoms with E-state index in [1.165, 1.54) is 12.7 Å². The second-order valence-electron chi connectivity index (χ2n) is 10.5. The number of aliphatic hydroxyl groups excluding tert-OH is 2. The fourth-order valence-electron chi connectivity index (χ4n) is 3.42. The third-order valence-corrected chi connectivity index (χ3v) is 5.63. The molecule has 0 spiro atoms. The van der Waals surface area contributed by atoms with Crippen molar-refractivity contribution in [3.8, 4) is 5.75 Å². The van der Waals surface area contributed by atoms with Crippen LogP contribution in [0.3, 0.4) is 0 Å². The third-order valence-electron chi connectivity index (χ3n) is 5.63. The number of rotatable bonds is 10. The van der Waals surface area contributed by atoms with Gasteiger partial charge in [-0.2, -0.15) is 0 Å². The molecule has 0 aliphatic rings. The summed E-state index contributed by atoms with van der Waals surface area (Å²) in [6, 6.07) is 23.0. The Labute approximate surface area is 235 Å². The number of hydrogen-bond acceptors (Lipinski definition) is 6. The van der Waals surface area contributed by atoms with Crippen LogP contribution < -0.4 is 4.74 Å². The van der Waals surface area contributed by atoms with Crippen molar-refractivity contribution in [2.45, 2.75) is 67.1 Å². The minimum atomic E-state index is -0.445. The van der Waals surface area contributed by atoms with Gasteiger partial charge >= 0.3 is 5.97 Å². The number of carbonyl (C=O) groups is 1. The molecule has 1 unspecified atom stereocenters. The SMILES string of the molecule is CC(C)C(O)c1ccccc1.CC(C)CCO.COC(=O)c1cccc(COc2ccc(CC(C)C)cc2)n1. The summed E-state index contributed by atoms with van der Waals surface area (Å²) in [6.45, 7) is 13.3. The lowest BCUT2D eigenvalue weighted by molar-refractivity contribution is 0.0593. The molecule has 0 saturated heterocycles. The summed E-state index contributed by atoms with van der Waals surface area (Å²) in [7, 11) is 1.34. The molecule has 0 amide bonds. The molecular formula is C33H47NO5. The first kappa shape index (κ1) is 33.8. The van der Waals surface area contributed by atoms with Gasteiger partial charge in [0.05, 0.1) is 18.9 Å². The molecule has 2 aromatic carbocycles. The van der Waals surface area contributed by atoms with E-state index in [0.717, 1.165) is 24.2 Å². The summed E-state index contributed by atoms with van der Waals surface area (Å²) in [5.74, 6) is 1.92. The summed E-state index contributed by atoms with van der Waals surface area (Å²) in [6.07, 6.45) is 1.67. The Kier molecular flexibility index (Phi) is 16.4. The van der Waals surface area contributed by atoms with Gasteiger partial charge in [0, 0.05) is 6.61 Å². The number of aromatic nitrogens is 1. The van der Waals surface area contributed by atoms with Crippen molar-refractivity contribution in [3.63, 3.8) is 0 Å². The Morgan fingerprint density at radius 2 is 1.49 bits per heavy atom. The summed E-state index contributed by atoms with van der Waals surface area (Å²) in [5, 5.41) is 17.8. The normalized spacial score (nSPS) is 11.3. The zero-order chi connectivity index (χ0) is 29.2. The molecular weight excluding hydrogens is 490 g/mol. The Morgan fingerprint density at radius 3 is 1.97 bits per heavy atom. The van der Waals surface area contributed by atoms with Crippen LogP contribution in [0.15, 0.2) is 72.8 Å². The molecule has 0 radical (unpaired) electrons. The van der Waals surface area contributed by atoms with Gasteiger partial charge in [-0.25, -0.2) is 9.78 Å². The van der Waals surface area contributed by atoms with Gasteiger partial charge in [-0.05, 0) is 66.0 Å². The van der Waals surface area contributed by atoms with Gasteiger partial charge in [-0.15, -0.1) is 0 Å². The molecule has 3 aromatic rings. The number of methoxy groups -OCH3 is 1. The second-order valence-corrected chi connectivity index (χ2v) is 10.5. The Balaban J connectivity index is 0.000000370. The number of pyridine rings is 1. The van der Waals surface area contributed by atoms with E-state index >= 15 is 0 Å². The molecule has 1 atom stereocenters. The van der Waals surface area contributed by atoms with Crippen LogP contribution >= 0.6 is 0 Å². The third kappa shape index (κ3) is 14.5. The molecule has 0 fully saturated rings. The number of hydrogen-bond donors (Lipinski definition) is 2.